The Morgan fingerprint density at radius 2 is 2.05 bits per heavy atom. The number of ether oxygens (including phenoxy) is 1. The molecule has 0 aliphatic heterocycles. The summed E-state index contributed by atoms with van der Waals surface area (Å²) < 4.78 is 17.9. The second-order valence-corrected chi connectivity index (χ2v) is 4.40. The first-order valence-corrected chi connectivity index (χ1v) is 6.19. The van der Waals surface area contributed by atoms with Crippen LogP contribution in [0.2, 0.25) is 5.02 Å². The second-order valence-electron chi connectivity index (χ2n) is 4.00. The highest BCUT2D eigenvalue weighted by atomic mass is 35.5. The molecule has 0 fully saturated rings. The minimum absolute atomic E-state index is 0.170. The van der Waals surface area contributed by atoms with Crippen LogP contribution in [-0.4, -0.2) is 24.0 Å². The molecule has 1 N–H and O–H groups in total. The van der Waals surface area contributed by atoms with Crippen LogP contribution in [-0.2, 0) is 4.74 Å². The first-order valence-electron chi connectivity index (χ1n) is 5.81. The van der Waals surface area contributed by atoms with Crippen LogP contribution in [0.5, 0.6) is 0 Å². The number of anilines is 1. The van der Waals surface area contributed by atoms with E-state index in [1.807, 2.05) is 0 Å². The van der Waals surface area contributed by atoms with E-state index in [1.165, 1.54) is 30.6 Å². The Bertz CT molecular complexity index is 706. The van der Waals surface area contributed by atoms with Crippen molar-refractivity contribution in [3.63, 3.8) is 0 Å². The van der Waals surface area contributed by atoms with Gasteiger partial charge < -0.3 is 10.1 Å². The number of pyridine rings is 1. The van der Waals surface area contributed by atoms with Crippen molar-refractivity contribution in [1.82, 2.24) is 4.98 Å². The zero-order chi connectivity index (χ0) is 15.4. The number of amides is 1. The van der Waals surface area contributed by atoms with E-state index in [4.69, 9.17) is 11.6 Å². The molecule has 1 heterocycles. The molecular weight excluding hydrogens is 299 g/mol. The maximum atomic E-state index is 13.5. The molecular formula is C14H10ClFN2O3. The number of hydrogen-bond acceptors (Lipinski definition) is 4. The SMILES string of the molecule is COC(=O)c1cc(NC(=O)c2cnccc2Cl)ccc1F. The Morgan fingerprint density at radius 3 is 2.71 bits per heavy atom. The van der Waals surface area contributed by atoms with E-state index in [2.05, 4.69) is 15.0 Å². The summed E-state index contributed by atoms with van der Waals surface area (Å²) in [6.07, 6.45) is 2.76. The molecule has 0 atom stereocenters. The van der Waals surface area contributed by atoms with E-state index in [0.29, 0.717) is 0 Å². The van der Waals surface area contributed by atoms with Gasteiger partial charge in [-0.3, -0.25) is 9.78 Å². The van der Waals surface area contributed by atoms with Crippen molar-refractivity contribution < 1.29 is 18.7 Å². The van der Waals surface area contributed by atoms with Gasteiger partial charge in [0.2, 0.25) is 0 Å². The zero-order valence-corrected chi connectivity index (χ0v) is 11.6. The lowest BCUT2D eigenvalue weighted by molar-refractivity contribution is 0.0595. The van der Waals surface area contributed by atoms with E-state index in [1.54, 1.807) is 0 Å². The maximum absolute atomic E-state index is 13.5. The molecule has 1 aromatic heterocycles. The van der Waals surface area contributed by atoms with Crippen LogP contribution in [0.25, 0.3) is 0 Å². The molecule has 0 aliphatic rings. The van der Waals surface area contributed by atoms with Crippen LogP contribution in [0, 0.1) is 5.82 Å². The van der Waals surface area contributed by atoms with Crippen LogP contribution in [0.3, 0.4) is 0 Å². The van der Waals surface area contributed by atoms with Crippen molar-refractivity contribution in [2.45, 2.75) is 0 Å². The van der Waals surface area contributed by atoms with Gasteiger partial charge in [0.25, 0.3) is 5.91 Å². The average Bonchev–Trinajstić information content (AvgIpc) is 2.48. The molecule has 21 heavy (non-hydrogen) atoms. The topological polar surface area (TPSA) is 68.3 Å². The number of carbonyl (C=O) groups excluding carboxylic acids is 2. The summed E-state index contributed by atoms with van der Waals surface area (Å²) in [7, 11) is 1.14. The molecule has 7 heteroatoms. The minimum Gasteiger partial charge on any atom is -0.465 e. The molecule has 0 saturated heterocycles. The molecule has 0 radical (unpaired) electrons. The Kier molecular flexibility index (Phi) is 4.49. The van der Waals surface area contributed by atoms with Gasteiger partial charge >= 0.3 is 5.97 Å². The van der Waals surface area contributed by atoms with Crippen LogP contribution < -0.4 is 5.32 Å². The highest BCUT2D eigenvalue weighted by molar-refractivity contribution is 6.34. The number of carbonyl (C=O) groups is 2. The smallest absolute Gasteiger partial charge is 0.340 e. The highest BCUT2D eigenvalue weighted by Crippen LogP contribution is 2.19. The Balaban J connectivity index is 2.26. The number of halogens is 2. The molecule has 1 amide bonds. The molecule has 108 valence electrons. The standard InChI is InChI=1S/C14H10ClFN2O3/c1-21-14(20)9-6-8(2-3-12(9)16)18-13(19)10-7-17-5-4-11(10)15/h2-7H,1H3,(H,18,19). The second kappa shape index (κ2) is 6.32. The third kappa shape index (κ3) is 3.35. The van der Waals surface area contributed by atoms with Crippen molar-refractivity contribution in [1.29, 1.82) is 0 Å². The van der Waals surface area contributed by atoms with Gasteiger partial charge in [0.05, 0.1) is 23.3 Å². The van der Waals surface area contributed by atoms with Crippen molar-refractivity contribution in [3.8, 4) is 0 Å². The quantitative estimate of drug-likeness (QED) is 0.885. The molecule has 1 aromatic carbocycles. The predicted octanol–water partition coefficient (Wildman–Crippen LogP) is 2.91. The summed E-state index contributed by atoms with van der Waals surface area (Å²) >= 11 is 5.88. The highest BCUT2D eigenvalue weighted by Gasteiger charge is 2.15. The number of aromatic nitrogens is 1. The summed E-state index contributed by atoms with van der Waals surface area (Å²) in [6, 6.07) is 5.04. The van der Waals surface area contributed by atoms with E-state index in [0.717, 1.165) is 13.2 Å². The van der Waals surface area contributed by atoms with Crippen LogP contribution in [0.4, 0.5) is 10.1 Å². The van der Waals surface area contributed by atoms with Gasteiger partial charge in [-0.2, -0.15) is 0 Å². The number of esters is 1. The lowest BCUT2D eigenvalue weighted by Gasteiger charge is -2.08. The molecule has 2 rings (SSSR count). The van der Waals surface area contributed by atoms with Crippen LogP contribution in [0.15, 0.2) is 36.7 Å². The van der Waals surface area contributed by atoms with Gasteiger partial charge in [-0.05, 0) is 24.3 Å². The molecule has 5 nitrogen and oxygen atoms in total. The van der Waals surface area contributed by atoms with E-state index in [-0.39, 0.29) is 21.8 Å². The first-order chi connectivity index (χ1) is 10.0. The summed E-state index contributed by atoms with van der Waals surface area (Å²) in [4.78, 5) is 27.2. The van der Waals surface area contributed by atoms with Crippen molar-refractivity contribution >= 4 is 29.2 Å². The normalized spacial score (nSPS) is 10.0. The number of nitrogens with one attached hydrogen (secondary N) is 1. The van der Waals surface area contributed by atoms with Gasteiger partial charge in [-0.15, -0.1) is 0 Å². The van der Waals surface area contributed by atoms with Crippen molar-refractivity contribution in [3.05, 3.63) is 58.6 Å². The fourth-order valence-electron chi connectivity index (χ4n) is 1.61. The third-order valence-corrected chi connectivity index (χ3v) is 2.97. The molecule has 0 unspecified atom stereocenters. The summed E-state index contributed by atoms with van der Waals surface area (Å²) in [5, 5.41) is 2.74. The summed E-state index contributed by atoms with van der Waals surface area (Å²) in [5.41, 5.74) is 0.136. The number of nitrogens with zero attached hydrogens (tertiary/aromatic N) is 1. The summed E-state index contributed by atoms with van der Waals surface area (Å²) in [5.74, 6) is -2.09. The van der Waals surface area contributed by atoms with E-state index in [9.17, 15) is 14.0 Å². The largest absolute Gasteiger partial charge is 0.465 e. The van der Waals surface area contributed by atoms with E-state index < -0.39 is 17.7 Å². The average molecular weight is 309 g/mol. The number of methoxy groups -OCH3 is 1. The molecule has 0 spiro atoms. The van der Waals surface area contributed by atoms with Gasteiger partial charge in [0.1, 0.15) is 5.82 Å². The lowest BCUT2D eigenvalue weighted by Crippen LogP contribution is -2.14. The van der Waals surface area contributed by atoms with Crippen molar-refractivity contribution in [2.75, 3.05) is 12.4 Å². The molecule has 0 saturated carbocycles. The number of hydrogen-bond donors (Lipinski definition) is 1. The number of rotatable bonds is 3. The molecule has 0 bridgehead atoms. The first kappa shape index (κ1) is 14.9. The van der Waals surface area contributed by atoms with Gasteiger partial charge in [-0.25, -0.2) is 9.18 Å². The number of benzene rings is 1. The third-order valence-electron chi connectivity index (χ3n) is 2.64. The zero-order valence-electron chi connectivity index (χ0n) is 10.9. The lowest BCUT2D eigenvalue weighted by atomic mass is 10.1. The minimum atomic E-state index is -0.831. The maximum Gasteiger partial charge on any atom is 0.340 e. The predicted molar refractivity (Wildman–Crippen MR) is 74.9 cm³/mol. The Hall–Kier alpha value is -2.47. The van der Waals surface area contributed by atoms with Gasteiger partial charge in [0, 0.05) is 18.1 Å². The fraction of sp³-hybridized carbons (Fsp3) is 0.0714. The van der Waals surface area contributed by atoms with E-state index >= 15 is 0 Å². The van der Waals surface area contributed by atoms with Crippen LogP contribution >= 0.6 is 11.6 Å². The Morgan fingerprint density at radius 1 is 1.29 bits per heavy atom. The van der Waals surface area contributed by atoms with Crippen LogP contribution in [0.1, 0.15) is 20.7 Å². The fourth-order valence-corrected chi connectivity index (χ4v) is 1.80. The molecule has 2 aromatic rings. The monoisotopic (exact) mass is 308 g/mol. The van der Waals surface area contributed by atoms with Gasteiger partial charge in [0.15, 0.2) is 0 Å². The van der Waals surface area contributed by atoms with Gasteiger partial charge in [-0.1, -0.05) is 11.6 Å². The Labute approximate surface area is 124 Å². The summed E-state index contributed by atoms with van der Waals surface area (Å²) in [6.45, 7) is 0. The van der Waals surface area contributed by atoms with Crippen molar-refractivity contribution in [2.24, 2.45) is 0 Å². The molecule has 0 aliphatic carbocycles.